The molecule has 3 rings (SSSR count). The van der Waals surface area contributed by atoms with Crippen LogP contribution in [0.25, 0.3) is 0 Å². The van der Waals surface area contributed by atoms with E-state index in [0.717, 1.165) is 5.56 Å². The molecule has 0 saturated heterocycles. The van der Waals surface area contributed by atoms with Crippen molar-refractivity contribution in [2.24, 2.45) is 0 Å². The van der Waals surface area contributed by atoms with Gasteiger partial charge in [0.15, 0.2) is 18.1 Å². The van der Waals surface area contributed by atoms with Gasteiger partial charge >= 0.3 is 5.97 Å². The fourth-order valence-corrected chi connectivity index (χ4v) is 2.27. The molecule has 1 atom stereocenters. The van der Waals surface area contributed by atoms with E-state index in [4.69, 9.17) is 14.2 Å². The Labute approximate surface area is 143 Å². The molecule has 2 aromatic rings. The number of carbonyl (C=O) groups is 2. The maximum atomic E-state index is 13.7. The lowest BCUT2D eigenvalue weighted by molar-refractivity contribution is -0.156. The summed E-state index contributed by atoms with van der Waals surface area (Å²) >= 11 is 0. The van der Waals surface area contributed by atoms with Crippen LogP contribution < -0.4 is 14.8 Å². The first-order valence-electron chi connectivity index (χ1n) is 7.64. The Morgan fingerprint density at radius 3 is 2.76 bits per heavy atom. The number of hydrogen-bond donors (Lipinski definition) is 1. The molecule has 0 spiro atoms. The highest BCUT2D eigenvalue weighted by molar-refractivity contribution is 5.93. The van der Waals surface area contributed by atoms with Crippen molar-refractivity contribution in [1.82, 2.24) is 0 Å². The highest BCUT2D eigenvalue weighted by Crippen LogP contribution is 2.31. The first-order chi connectivity index (χ1) is 12.0. The van der Waals surface area contributed by atoms with Crippen molar-refractivity contribution in [3.8, 4) is 11.5 Å². The van der Waals surface area contributed by atoms with Crippen molar-refractivity contribution in [1.29, 1.82) is 0 Å². The molecule has 0 aliphatic carbocycles. The third-order valence-electron chi connectivity index (χ3n) is 3.52. The van der Waals surface area contributed by atoms with E-state index < -0.39 is 30.4 Å². The Hall–Kier alpha value is -3.09. The monoisotopic (exact) mass is 345 g/mol. The van der Waals surface area contributed by atoms with Gasteiger partial charge in [0.05, 0.1) is 5.69 Å². The average molecular weight is 345 g/mol. The summed E-state index contributed by atoms with van der Waals surface area (Å²) in [7, 11) is 0. The number of halogens is 1. The second-order valence-corrected chi connectivity index (χ2v) is 5.50. The molecule has 0 bridgehead atoms. The lowest BCUT2D eigenvalue weighted by Gasteiger charge is -2.24. The molecule has 0 fully saturated rings. The van der Waals surface area contributed by atoms with Gasteiger partial charge in [-0.25, -0.2) is 9.18 Å². The van der Waals surface area contributed by atoms with Gasteiger partial charge in [-0.15, -0.1) is 0 Å². The van der Waals surface area contributed by atoms with E-state index in [2.05, 4.69) is 5.32 Å². The van der Waals surface area contributed by atoms with E-state index in [0.29, 0.717) is 11.5 Å². The molecule has 2 aromatic carbocycles. The zero-order chi connectivity index (χ0) is 17.8. The van der Waals surface area contributed by atoms with Gasteiger partial charge in [-0.1, -0.05) is 18.2 Å². The van der Waals surface area contributed by atoms with Gasteiger partial charge in [0.1, 0.15) is 12.4 Å². The lowest BCUT2D eigenvalue weighted by Crippen LogP contribution is -2.39. The Bertz CT molecular complexity index is 808. The summed E-state index contributed by atoms with van der Waals surface area (Å²) in [6.45, 7) is 1.18. The van der Waals surface area contributed by atoms with E-state index in [1.807, 2.05) is 0 Å². The number of carbonyl (C=O) groups excluding carboxylic acids is 2. The number of aryl methyl sites for hydroxylation is 1. The van der Waals surface area contributed by atoms with Crippen LogP contribution in [0.5, 0.6) is 11.5 Å². The van der Waals surface area contributed by atoms with Crippen molar-refractivity contribution >= 4 is 17.6 Å². The minimum Gasteiger partial charge on any atom is -0.485 e. The maximum Gasteiger partial charge on any atom is 0.351 e. The molecule has 0 radical (unpaired) electrons. The molecule has 7 heteroatoms. The van der Waals surface area contributed by atoms with E-state index in [-0.39, 0.29) is 12.3 Å². The first kappa shape index (κ1) is 16.8. The molecule has 0 aromatic heterocycles. The number of esters is 1. The molecular formula is C18H16FNO5. The molecular weight excluding hydrogens is 329 g/mol. The number of fused-ring (bicyclic) bond motifs is 1. The van der Waals surface area contributed by atoms with Crippen molar-refractivity contribution in [2.45, 2.75) is 13.0 Å². The zero-order valence-electron chi connectivity index (χ0n) is 13.5. The van der Waals surface area contributed by atoms with E-state index in [1.165, 1.54) is 12.1 Å². The molecule has 1 aliphatic rings. The second-order valence-electron chi connectivity index (χ2n) is 5.50. The largest absolute Gasteiger partial charge is 0.485 e. The number of anilines is 1. The van der Waals surface area contributed by atoms with Crippen LogP contribution >= 0.6 is 0 Å². The Morgan fingerprint density at radius 1 is 1.24 bits per heavy atom. The SMILES string of the molecule is Cc1ccc(NC(=O)COC(=O)[C@H]2COc3ccccc3O2)c(F)c1. The van der Waals surface area contributed by atoms with Crippen molar-refractivity contribution in [3.63, 3.8) is 0 Å². The Balaban J connectivity index is 1.51. The standard InChI is InChI=1S/C18H16FNO5/c1-11-6-7-13(12(19)8-11)20-17(21)10-24-18(22)16-9-23-14-4-2-3-5-15(14)25-16/h2-8,16H,9-10H2,1H3,(H,20,21)/t16-/m1/s1. The smallest absolute Gasteiger partial charge is 0.351 e. The molecule has 0 unspecified atom stereocenters. The van der Waals surface area contributed by atoms with Gasteiger partial charge in [0.25, 0.3) is 5.91 Å². The number of para-hydroxylation sites is 2. The molecule has 6 nitrogen and oxygen atoms in total. The number of hydrogen-bond acceptors (Lipinski definition) is 5. The molecule has 1 heterocycles. The van der Waals surface area contributed by atoms with Crippen molar-refractivity contribution in [2.75, 3.05) is 18.5 Å². The van der Waals surface area contributed by atoms with Crippen molar-refractivity contribution in [3.05, 3.63) is 53.8 Å². The van der Waals surface area contributed by atoms with Crippen LogP contribution in [0.4, 0.5) is 10.1 Å². The Morgan fingerprint density at radius 2 is 2.00 bits per heavy atom. The summed E-state index contributed by atoms with van der Waals surface area (Å²) in [5.74, 6) is -0.955. The zero-order valence-corrected chi connectivity index (χ0v) is 13.5. The molecule has 1 amide bonds. The lowest BCUT2D eigenvalue weighted by atomic mass is 10.2. The van der Waals surface area contributed by atoms with Crippen LogP contribution in [0.1, 0.15) is 5.56 Å². The molecule has 1 aliphatic heterocycles. The van der Waals surface area contributed by atoms with Crippen LogP contribution in [0.15, 0.2) is 42.5 Å². The quantitative estimate of drug-likeness (QED) is 0.862. The van der Waals surface area contributed by atoms with E-state index in [1.54, 1.807) is 37.3 Å². The van der Waals surface area contributed by atoms with Crippen LogP contribution in [-0.4, -0.2) is 31.2 Å². The molecule has 130 valence electrons. The predicted molar refractivity (Wildman–Crippen MR) is 87.1 cm³/mol. The predicted octanol–water partition coefficient (Wildman–Crippen LogP) is 2.46. The van der Waals surface area contributed by atoms with E-state index >= 15 is 0 Å². The second kappa shape index (κ2) is 7.21. The Kier molecular flexibility index (Phi) is 4.83. The van der Waals surface area contributed by atoms with Crippen LogP contribution in [-0.2, 0) is 14.3 Å². The number of ether oxygens (including phenoxy) is 3. The number of amides is 1. The van der Waals surface area contributed by atoms with E-state index in [9.17, 15) is 14.0 Å². The summed E-state index contributed by atoms with van der Waals surface area (Å²) in [4.78, 5) is 23.8. The number of nitrogens with one attached hydrogen (secondary N) is 1. The van der Waals surface area contributed by atoms with Gasteiger partial charge in [-0.05, 0) is 36.8 Å². The summed E-state index contributed by atoms with van der Waals surface area (Å²) < 4.78 is 29.5. The molecule has 25 heavy (non-hydrogen) atoms. The summed E-state index contributed by atoms with van der Waals surface area (Å²) in [6, 6.07) is 11.3. The molecule has 1 N–H and O–H groups in total. The summed E-state index contributed by atoms with van der Waals surface area (Å²) in [5.41, 5.74) is 0.759. The van der Waals surface area contributed by atoms with Crippen LogP contribution in [0.3, 0.4) is 0 Å². The van der Waals surface area contributed by atoms with Crippen LogP contribution in [0, 0.1) is 12.7 Å². The fourth-order valence-electron chi connectivity index (χ4n) is 2.27. The maximum absolute atomic E-state index is 13.7. The third kappa shape index (κ3) is 4.06. The van der Waals surface area contributed by atoms with Gasteiger partial charge < -0.3 is 19.5 Å². The molecule has 0 saturated carbocycles. The third-order valence-corrected chi connectivity index (χ3v) is 3.52. The summed E-state index contributed by atoms with van der Waals surface area (Å²) in [5, 5.41) is 2.35. The van der Waals surface area contributed by atoms with Crippen molar-refractivity contribution < 1.29 is 28.2 Å². The minimum atomic E-state index is -0.959. The van der Waals surface area contributed by atoms with Gasteiger partial charge in [-0.3, -0.25) is 4.79 Å². The van der Waals surface area contributed by atoms with Gasteiger partial charge in [0, 0.05) is 0 Å². The first-order valence-corrected chi connectivity index (χ1v) is 7.64. The number of rotatable bonds is 4. The fraction of sp³-hybridized carbons (Fsp3) is 0.222. The number of benzene rings is 2. The highest BCUT2D eigenvalue weighted by Gasteiger charge is 2.29. The van der Waals surface area contributed by atoms with Gasteiger partial charge in [-0.2, -0.15) is 0 Å². The van der Waals surface area contributed by atoms with Gasteiger partial charge in [0.2, 0.25) is 6.10 Å². The van der Waals surface area contributed by atoms with Crippen LogP contribution in [0.2, 0.25) is 0 Å². The normalized spacial score (nSPS) is 15.4. The average Bonchev–Trinajstić information content (AvgIpc) is 2.61. The minimum absolute atomic E-state index is 0.00987. The summed E-state index contributed by atoms with van der Waals surface area (Å²) in [6.07, 6.45) is -0.959. The topological polar surface area (TPSA) is 73.9 Å². The highest BCUT2D eigenvalue weighted by atomic mass is 19.1.